The van der Waals surface area contributed by atoms with Crippen LogP contribution in [0.4, 0.5) is 4.79 Å². The van der Waals surface area contributed by atoms with Gasteiger partial charge in [-0.2, -0.15) is 0 Å². The van der Waals surface area contributed by atoms with E-state index in [1.807, 2.05) is 0 Å². The van der Waals surface area contributed by atoms with Crippen molar-refractivity contribution in [2.75, 3.05) is 13.2 Å². The van der Waals surface area contributed by atoms with Gasteiger partial charge in [0.2, 0.25) is 0 Å². The minimum atomic E-state index is -0.506. The fourth-order valence-electron chi connectivity index (χ4n) is 4.48. The van der Waals surface area contributed by atoms with E-state index >= 15 is 0 Å². The quantitative estimate of drug-likeness (QED) is 0.127. The first-order chi connectivity index (χ1) is 19.6. The second-order valence-electron chi connectivity index (χ2n) is 10.5. The van der Waals surface area contributed by atoms with Crippen molar-refractivity contribution in [2.45, 2.75) is 110 Å². The van der Waals surface area contributed by atoms with Gasteiger partial charge in [-0.15, -0.1) is 0 Å². The van der Waals surface area contributed by atoms with E-state index in [0.717, 1.165) is 12.8 Å². The Morgan fingerprint density at radius 3 is 1.55 bits per heavy atom. The summed E-state index contributed by atoms with van der Waals surface area (Å²) < 4.78 is 11.1. The number of aromatic hydroxyl groups is 1. The van der Waals surface area contributed by atoms with Gasteiger partial charge in [-0.3, -0.25) is 10.1 Å². The maximum absolute atomic E-state index is 12.0. The van der Waals surface area contributed by atoms with Crippen LogP contribution in [-0.2, 0) is 4.79 Å². The van der Waals surface area contributed by atoms with Crippen molar-refractivity contribution in [1.82, 2.24) is 10.6 Å². The fraction of sp³-hybridized carbons (Fsp3) is 0.576. The molecule has 0 aromatic heterocycles. The summed E-state index contributed by atoms with van der Waals surface area (Å²) in [4.78, 5) is 23.9. The van der Waals surface area contributed by atoms with Gasteiger partial charge >= 0.3 is 6.03 Å². The number of imide groups is 1. The molecule has 0 heterocycles. The number of nitrogens with one attached hydrogen (secondary N) is 2. The van der Waals surface area contributed by atoms with Crippen LogP contribution in [0.2, 0.25) is 0 Å². The lowest BCUT2D eigenvalue weighted by Crippen LogP contribution is -2.41. The van der Waals surface area contributed by atoms with Crippen LogP contribution in [0, 0.1) is 0 Å². The van der Waals surface area contributed by atoms with Crippen molar-refractivity contribution in [3.63, 3.8) is 0 Å². The minimum absolute atomic E-state index is 0.170. The molecule has 0 radical (unpaired) electrons. The molecule has 2 aromatic rings. The molecule has 0 aliphatic heterocycles. The van der Waals surface area contributed by atoms with E-state index in [0.29, 0.717) is 23.8 Å². The monoisotopic (exact) mass is 554 g/mol. The summed E-state index contributed by atoms with van der Waals surface area (Å²) in [5.41, 5.74) is 0. The summed E-state index contributed by atoms with van der Waals surface area (Å²) in [6.07, 6.45) is 21.0. The molecule has 2 rings (SSSR count). The summed E-state index contributed by atoms with van der Waals surface area (Å²) in [6, 6.07) is 12.7. The Morgan fingerprint density at radius 1 is 0.625 bits per heavy atom. The van der Waals surface area contributed by atoms with E-state index in [-0.39, 0.29) is 12.4 Å². The van der Waals surface area contributed by atoms with Crippen LogP contribution >= 0.6 is 0 Å². The van der Waals surface area contributed by atoms with Crippen molar-refractivity contribution >= 4 is 11.9 Å². The first-order valence-electron chi connectivity index (χ1n) is 15.3. The Kier molecular flexibility index (Phi) is 17.8. The molecule has 0 unspecified atom stereocenters. The summed E-state index contributed by atoms with van der Waals surface area (Å²) >= 11 is 0. The molecule has 3 amide bonds. The number of phenolic OH excluding ortho intramolecular Hbond substituents is 1. The highest BCUT2D eigenvalue weighted by Gasteiger charge is 2.08. The normalized spacial score (nSPS) is 10.7. The highest BCUT2D eigenvalue weighted by Crippen LogP contribution is 2.25. The largest absolute Gasteiger partial charge is 0.508 e. The Hall–Kier alpha value is -3.22. The van der Waals surface area contributed by atoms with Crippen molar-refractivity contribution < 1.29 is 24.2 Å². The van der Waals surface area contributed by atoms with Crippen molar-refractivity contribution in [3.05, 3.63) is 48.5 Å². The highest BCUT2D eigenvalue weighted by molar-refractivity contribution is 5.94. The number of urea groups is 1. The summed E-state index contributed by atoms with van der Waals surface area (Å²) in [6.45, 7) is 2.57. The van der Waals surface area contributed by atoms with Crippen molar-refractivity contribution in [1.29, 1.82) is 0 Å². The van der Waals surface area contributed by atoms with Crippen molar-refractivity contribution in [3.8, 4) is 23.0 Å². The Balaban J connectivity index is 1.39. The van der Waals surface area contributed by atoms with E-state index in [1.165, 1.54) is 89.9 Å². The SMILES string of the molecule is CCCCCCCCCCCCCCCCCCNC(=O)NC(=O)COc1ccc(Oc2ccc(O)cc2)cc1. The molecule has 7 nitrogen and oxygen atoms in total. The van der Waals surface area contributed by atoms with Crippen LogP contribution in [0.3, 0.4) is 0 Å². The van der Waals surface area contributed by atoms with E-state index in [1.54, 1.807) is 48.5 Å². The molecule has 222 valence electrons. The molecule has 3 N–H and O–H groups in total. The maximum atomic E-state index is 12.0. The minimum Gasteiger partial charge on any atom is -0.508 e. The third-order valence-electron chi connectivity index (χ3n) is 6.83. The number of benzene rings is 2. The molecule has 0 saturated carbocycles. The molecule has 7 heteroatoms. The lowest BCUT2D eigenvalue weighted by molar-refractivity contribution is -0.122. The lowest BCUT2D eigenvalue weighted by Gasteiger charge is -2.09. The second-order valence-corrected chi connectivity index (χ2v) is 10.5. The van der Waals surface area contributed by atoms with Gasteiger partial charge < -0.3 is 19.9 Å². The molecule has 2 aromatic carbocycles. The molecule has 0 atom stereocenters. The molecule has 0 spiro atoms. The number of unbranched alkanes of at least 4 members (excludes halogenated alkanes) is 15. The van der Waals surface area contributed by atoms with Gasteiger partial charge in [0.05, 0.1) is 0 Å². The maximum Gasteiger partial charge on any atom is 0.321 e. The van der Waals surface area contributed by atoms with Crippen LogP contribution < -0.4 is 20.1 Å². The number of rotatable bonds is 22. The van der Waals surface area contributed by atoms with Gasteiger partial charge in [0.15, 0.2) is 6.61 Å². The van der Waals surface area contributed by atoms with Crippen LogP contribution in [0.25, 0.3) is 0 Å². The average Bonchev–Trinajstić information content (AvgIpc) is 2.95. The molecule has 0 fully saturated rings. The van der Waals surface area contributed by atoms with Gasteiger partial charge in [0, 0.05) is 6.54 Å². The number of amides is 3. The summed E-state index contributed by atoms with van der Waals surface area (Å²) in [5, 5.41) is 14.4. The molecule has 40 heavy (non-hydrogen) atoms. The van der Waals surface area contributed by atoms with E-state index < -0.39 is 11.9 Å². The average molecular weight is 555 g/mol. The number of ether oxygens (including phenoxy) is 2. The van der Waals surface area contributed by atoms with Gasteiger partial charge in [-0.1, -0.05) is 103 Å². The van der Waals surface area contributed by atoms with Gasteiger partial charge in [0.25, 0.3) is 5.91 Å². The predicted molar refractivity (Wildman–Crippen MR) is 161 cm³/mol. The van der Waals surface area contributed by atoms with Crippen molar-refractivity contribution in [2.24, 2.45) is 0 Å². The first-order valence-corrected chi connectivity index (χ1v) is 15.3. The molecule has 0 aliphatic rings. The van der Waals surface area contributed by atoms with Crippen LogP contribution in [0.15, 0.2) is 48.5 Å². The second kappa shape index (κ2) is 21.6. The Bertz CT molecular complexity index is 931. The zero-order chi connectivity index (χ0) is 28.7. The number of hydrogen-bond acceptors (Lipinski definition) is 5. The van der Waals surface area contributed by atoms with Gasteiger partial charge in [0.1, 0.15) is 23.0 Å². The lowest BCUT2D eigenvalue weighted by atomic mass is 10.0. The summed E-state index contributed by atoms with van der Waals surface area (Å²) in [5.74, 6) is 1.34. The van der Waals surface area contributed by atoms with E-state index in [2.05, 4.69) is 17.6 Å². The van der Waals surface area contributed by atoms with Gasteiger partial charge in [-0.05, 0) is 55.0 Å². The number of phenols is 1. The Labute approximate surface area is 241 Å². The smallest absolute Gasteiger partial charge is 0.321 e. The predicted octanol–water partition coefficient (Wildman–Crippen LogP) is 8.65. The van der Waals surface area contributed by atoms with Crippen LogP contribution in [0.1, 0.15) is 110 Å². The first kappa shape index (κ1) is 33.0. The fourth-order valence-corrected chi connectivity index (χ4v) is 4.48. The number of hydrogen-bond donors (Lipinski definition) is 3. The van der Waals surface area contributed by atoms with E-state index in [4.69, 9.17) is 9.47 Å². The standard InChI is InChI=1S/C33H50N2O5/c1-2-3-4-5-6-7-8-9-10-11-12-13-14-15-16-17-26-34-33(38)35-32(37)27-39-29-22-24-31(25-23-29)40-30-20-18-28(36)19-21-30/h18-25,36H,2-17,26-27H2,1H3,(H2,34,35,37,38). The van der Waals surface area contributed by atoms with Crippen LogP contribution in [0.5, 0.6) is 23.0 Å². The highest BCUT2D eigenvalue weighted by atomic mass is 16.5. The molecule has 0 saturated heterocycles. The topological polar surface area (TPSA) is 96.9 Å². The molecular weight excluding hydrogens is 504 g/mol. The van der Waals surface area contributed by atoms with E-state index in [9.17, 15) is 14.7 Å². The molecule has 0 bridgehead atoms. The zero-order valence-electron chi connectivity index (χ0n) is 24.4. The zero-order valence-corrected chi connectivity index (χ0v) is 24.4. The van der Waals surface area contributed by atoms with Crippen LogP contribution in [-0.4, -0.2) is 30.2 Å². The molecule has 0 aliphatic carbocycles. The third kappa shape index (κ3) is 16.7. The Morgan fingerprint density at radius 2 is 1.05 bits per heavy atom. The summed E-state index contributed by atoms with van der Waals surface area (Å²) in [7, 11) is 0. The molecular formula is C33H50N2O5. The third-order valence-corrected chi connectivity index (χ3v) is 6.83. The number of carbonyl (C=O) groups is 2. The van der Waals surface area contributed by atoms with Gasteiger partial charge in [-0.25, -0.2) is 4.79 Å². The number of carbonyl (C=O) groups excluding carboxylic acids is 2.